The lowest BCUT2D eigenvalue weighted by Crippen LogP contribution is -2.59. The van der Waals surface area contributed by atoms with E-state index in [0.29, 0.717) is 18.5 Å². The number of nitrogens with zero attached hydrogens (tertiary/aromatic N) is 1. The minimum Gasteiger partial charge on any atom is -0.390 e. The summed E-state index contributed by atoms with van der Waals surface area (Å²) in [4.78, 5) is 12.9. The highest BCUT2D eigenvalue weighted by Gasteiger charge is 2.57. The van der Waals surface area contributed by atoms with Gasteiger partial charge in [0.2, 0.25) is 0 Å². The topological polar surface area (TPSA) is 101 Å². The highest BCUT2D eigenvalue weighted by Crippen LogP contribution is 2.42. The van der Waals surface area contributed by atoms with Crippen LogP contribution in [-0.2, 0) is 25.6 Å². The third-order valence-electron chi connectivity index (χ3n) is 5.02. The van der Waals surface area contributed by atoms with Gasteiger partial charge >= 0.3 is 0 Å². The van der Waals surface area contributed by atoms with Gasteiger partial charge in [0.15, 0.2) is 11.4 Å². The minimum atomic E-state index is -1.20. The number of fused-ring (bicyclic) bond motifs is 1. The van der Waals surface area contributed by atoms with Gasteiger partial charge in [-0.15, -0.1) is 0 Å². The second-order valence-corrected chi connectivity index (χ2v) is 7.57. The molecule has 1 saturated heterocycles. The first-order valence-electron chi connectivity index (χ1n) is 9.23. The van der Waals surface area contributed by atoms with Crippen LogP contribution in [-0.4, -0.2) is 47.3 Å². The molecule has 7 nitrogen and oxygen atoms in total. The van der Waals surface area contributed by atoms with Crippen molar-refractivity contribution in [2.45, 2.75) is 69.9 Å². The van der Waals surface area contributed by atoms with Crippen molar-refractivity contribution in [2.75, 3.05) is 6.54 Å². The zero-order valence-electron chi connectivity index (χ0n) is 15.9. The normalized spacial score (nSPS) is 31.7. The van der Waals surface area contributed by atoms with Crippen molar-refractivity contribution in [3.05, 3.63) is 35.4 Å². The van der Waals surface area contributed by atoms with E-state index in [1.807, 2.05) is 6.92 Å². The number of hydrogen-bond acceptors (Lipinski definition) is 6. The van der Waals surface area contributed by atoms with Crippen LogP contribution in [0.1, 0.15) is 44.7 Å². The first kappa shape index (κ1) is 19.8. The largest absolute Gasteiger partial charge is 0.390 e. The molecule has 1 aromatic rings. The fraction of sp³-hybridized carbons (Fsp3) is 0.600. The number of nitriles is 1. The molecular formula is C20H26N2O5. The van der Waals surface area contributed by atoms with Crippen LogP contribution in [0.15, 0.2) is 24.3 Å². The molecule has 0 bridgehead atoms. The first-order valence-corrected chi connectivity index (χ1v) is 9.23. The summed E-state index contributed by atoms with van der Waals surface area (Å²) in [5, 5.41) is 22.4. The predicted octanol–water partition coefficient (Wildman–Crippen LogP) is 1.62. The summed E-state index contributed by atoms with van der Waals surface area (Å²) < 4.78 is 17.8. The second-order valence-electron chi connectivity index (χ2n) is 7.57. The van der Waals surface area contributed by atoms with Crippen LogP contribution in [0.25, 0.3) is 0 Å². The van der Waals surface area contributed by atoms with Crippen LogP contribution < -0.4 is 5.32 Å². The summed E-state index contributed by atoms with van der Waals surface area (Å²) in [5.41, 5.74) is 0.207. The molecule has 4 atom stereocenters. The molecule has 1 aliphatic heterocycles. The molecule has 2 fully saturated rings. The molecule has 0 radical (unpaired) electrons. The van der Waals surface area contributed by atoms with E-state index in [9.17, 15) is 9.90 Å². The number of ether oxygens (including phenoxy) is 3. The van der Waals surface area contributed by atoms with E-state index in [1.165, 1.54) is 0 Å². The minimum absolute atomic E-state index is 0.135. The highest BCUT2D eigenvalue weighted by atomic mass is 16.8. The molecule has 1 aromatic carbocycles. The van der Waals surface area contributed by atoms with Crippen molar-refractivity contribution in [3.8, 4) is 6.07 Å². The third-order valence-corrected chi connectivity index (χ3v) is 5.02. The van der Waals surface area contributed by atoms with Gasteiger partial charge in [0, 0.05) is 19.4 Å². The van der Waals surface area contributed by atoms with Gasteiger partial charge < -0.3 is 24.6 Å². The summed E-state index contributed by atoms with van der Waals surface area (Å²) in [6, 6.07) is 9.08. The van der Waals surface area contributed by atoms with Crippen LogP contribution in [0, 0.1) is 11.3 Å². The monoisotopic (exact) mass is 374 g/mol. The maximum atomic E-state index is 12.9. The molecule has 2 N–H and O–H groups in total. The number of amides is 1. The lowest BCUT2D eigenvalue weighted by molar-refractivity contribution is -0.174. The number of aliphatic hydroxyl groups excluding tert-OH is 1. The first-order chi connectivity index (χ1) is 12.8. The van der Waals surface area contributed by atoms with E-state index in [2.05, 4.69) is 11.4 Å². The Morgan fingerprint density at radius 3 is 2.67 bits per heavy atom. The molecule has 1 heterocycles. The SMILES string of the molecule is CCNC(=O)[C@@]1(OCc2ccc(C#N)cc2)C[C@@H](O)[C@@H]2OC(C)(C)O[C@@H]2C1. The number of carbonyl (C=O) groups is 1. The van der Waals surface area contributed by atoms with Crippen molar-refractivity contribution >= 4 is 5.91 Å². The van der Waals surface area contributed by atoms with Crippen molar-refractivity contribution in [3.63, 3.8) is 0 Å². The van der Waals surface area contributed by atoms with Gasteiger partial charge in [0.05, 0.1) is 30.4 Å². The number of benzene rings is 1. The van der Waals surface area contributed by atoms with Gasteiger partial charge in [0.1, 0.15) is 6.10 Å². The van der Waals surface area contributed by atoms with Gasteiger partial charge in [-0.25, -0.2) is 0 Å². The zero-order valence-corrected chi connectivity index (χ0v) is 15.9. The molecule has 0 aromatic heterocycles. The van der Waals surface area contributed by atoms with E-state index >= 15 is 0 Å². The molecule has 1 saturated carbocycles. The van der Waals surface area contributed by atoms with E-state index in [1.54, 1.807) is 38.1 Å². The summed E-state index contributed by atoms with van der Waals surface area (Å²) in [7, 11) is 0. The molecule has 2 aliphatic rings. The average Bonchev–Trinajstić information content (AvgIpc) is 2.95. The van der Waals surface area contributed by atoms with Gasteiger partial charge in [-0.3, -0.25) is 4.79 Å². The molecule has 1 amide bonds. The van der Waals surface area contributed by atoms with Gasteiger partial charge in [-0.05, 0) is 38.5 Å². The number of hydrogen-bond donors (Lipinski definition) is 2. The Morgan fingerprint density at radius 1 is 1.33 bits per heavy atom. The van der Waals surface area contributed by atoms with Gasteiger partial charge in [-0.1, -0.05) is 12.1 Å². The summed E-state index contributed by atoms with van der Waals surface area (Å²) >= 11 is 0. The number of aliphatic hydroxyl groups is 1. The molecule has 0 spiro atoms. The highest BCUT2D eigenvalue weighted by molar-refractivity contribution is 5.85. The molecule has 7 heteroatoms. The van der Waals surface area contributed by atoms with Crippen molar-refractivity contribution in [2.24, 2.45) is 0 Å². The Bertz CT molecular complexity index is 727. The predicted molar refractivity (Wildman–Crippen MR) is 96.4 cm³/mol. The van der Waals surface area contributed by atoms with Crippen LogP contribution in [0.3, 0.4) is 0 Å². The standard InChI is InChI=1S/C20H26N2O5/c1-4-22-18(24)20(25-12-14-7-5-13(11-21)6-8-14)9-15(23)17-16(10-20)26-19(2,3)27-17/h5-8,15-17,23H,4,9-10,12H2,1-3H3,(H,22,24)/t15-,16-,17+,20-/m1/s1. The smallest absolute Gasteiger partial charge is 0.252 e. The Kier molecular flexibility index (Phi) is 5.54. The molecule has 0 unspecified atom stereocenters. The van der Waals surface area contributed by atoms with Crippen LogP contribution in [0.5, 0.6) is 0 Å². The van der Waals surface area contributed by atoms with E-state index in [0.717, 1.165) is 5.56 Å². The summed E-state index contributed by atoms with van der Waals surface area (Å²) in [6.45, 7) is 6.09. The third kappa shape index (κ3) is 4.14. The average molecular weight is 374 g/mol. The molecule has 146 valence electrons. The fourth-order valence-corrected chi connectivity index (χ4v) is 3.80. The zero-order chi connectivity index (χ0) is 19.7. The van der Waals surface area contributed by atoms with Crippen LogP contribution >= 0.6 is 0 Å². The van der Waals surface area contributed by atoms with E-state index in [-0.39, 0.29) is 18.9 Å². The van der Waals surface area contributed by atoms with Crippen molar-refractivity contribution < 1.29 is 24.1 Å². The van der Waals surface area contributed by atoms with Crippen LogP contribution in [0.4, 0.5) is 0 Å². The van der Waals surface area contributed by atoms with E-state index in [4.69, 9.17) is 19.5 Å². The Labute approximate surface area is 159 Å². The van der Waals surface area contributed by atoms with Gasteiger partial charge in [-0.2, -0.15) is 5.26 Å². The maximum Gasteiger partial charge on any atom is 0.252 e. The summed E-state index contributed by atoms with van der Waals surface area (Å²) in [5.74, 6) is -1.06. The van der Waals surface area contributed by atoms with E-state index < -0.39 is 29.7 Å². The number of carbonyl (C=O) groups excluding carboxylic acids is 1. The lowest BCUT2D eigenvalue weighted by Gasteiger charge is -2.42. The van der Waals surface area contributed by atoms with Crippen molar-refractivity contribution in [1.82, 2.24) is 5.32 Å². The molecule has 3 rings (SSSR count). The fourth-order valence-electron chi connectivity index (χ4n) is 3.80. The quantitative estimate of drug-likeness (QED) is 0.812. The number of nitrogens with one attached hydrogen (secondary N) is 1. The molecular weight excluding hydrogens is 348 g/mol. The summed E-state index contributed by atoms with van der Waals surface area (Å²) in [6.07, 6.45) is -1.32. The Hall–Kier alpha value is -1.98. The van der Waals surface area contributed by atoms with Crippen LogP contribution in [0.2, 0.25) is 0 Å². The molecule has 27 heavy (non-hydrogen) atoms. The Balaban J connectivity index is 1.80. The van der Waals surface area contributed by atoms with Crippen molar-refractivity contribution in [1.29, 1.82) is 5.26 Å². The van der Waals surface area contributed by atoms with Gasteiger partial charge in [0.25, 0.3) is 5.91 Å². The number of likely N-dealkylation sites (N-methyl/N-ethyl adjacent to an activating group) is 1. The second kappa shape index (κ2) is 7.56. The Morgan fingerprint density at radius 2 is 2.04 bits per heavy atom. The molecule has 1 aliphatic carbocycles. The lowest BCUT2D eigenvalue weighted by atomic mass is 9.78. The maximum absolute atomic E-state index is 12.9. The number of rotatable bonds is 5.